The summed E-state index contributed by atoms with van der Waals surface area (Å²) < 4.78 is 0. The molecule has 0 amide bonds. The van der Waals surface area contributed by atoms with E-state index in [1.54, 1.807) is 24.3 Å². The van der Waals surface area contributed by atoms with E-state index in [-0.39, 0.29) is 5.56 Å². The second-order valence-corrected chi connectivity index (χ2v) is 8.40. The number of hydrogen-bond acceptors (Lipinski definition) is 3. The van der Waals surface area contributed by atoms with Gasteiger partial charge in [0.05, 0.1) is 12.1 Å². The van der Waals surface area contributed by atoms with Crippen molar-refractivity contribution in [2.24, 2.45) is 4.99 Å². The first kappa shape index (κ1) is 22.4. The van der Waals surface area contributed by atoms with Crippen molar-refractivity contribution < 1.29 is 9.90 Å². The molecule has 6 heteroatoms. The Morgan fingerprint density at radius 1 is 0.939 bits per heavy atom. The summed E-state index contributed by atoms with van der Waals surface area (Å²) >= 11 is 0. The smallest absolute Gasteiger partial charge is 0.335 e. The number of guanidine groups is 1. The third-order valence-corrected chi connectivity index (χ3v) is 5.93. The molecule has 1 aliphatic heterocycles. The van der Waals surface area contributed by atoms with Crippen molar-refractivity contribution >= 4 is 23.3 Å². The summed E-state index contributed by atoms with van der Waals surface area (Å²) in [7, 11) is 0. The number of carbonyl (C=O) groups is 1. The number of benzene rings is 3. The number of carboxylic acids is 1. The van der Waals surface area contributed by atoms with Crippen LogP contribution in [0.15, 0.2) is 77.8 Å². The highest BCUT2D eigenvalue weighted by Gasteiger charge is 2.21. The molecule has 170 valence electrons. The Hall–Kier alpha value is -3.80. The van der Waals surface area contributed by atoms with E-state index >= 15 is 0 Å². The van der Waals surface area contributed by atoms with E-state index in [9.17, 15) is 9.90 Å². The summed E-state index contributed by atoms with van der Waals surface area (Å²) in [5.74, 6) is -0.121. The van der Waals surface area contributed by atoms with E-state index in [0.29, 0.717) is 6.54 Å². The zero-order chi connectivity index (χ0) is 23.2. The molecule has 1 saturated heterocycles. The van der Waals surface area contributed by atoms with Gasteiger partial charge < -0.3 is 20.2 Å². The minimum absolute atomic E-state index is 0.269. The van der Waals surface area contributed by atoms with Crippen molar-refractivity contribution in [2.45, 2.75) is 20.4 Å². The lowest BCUT2D eigenvalue weighted by atomic mass is 10.1. The van der Waals surface area contributed by atoms with Crippen LogP contribution in [0.5, 0.6) is 0 Å². The molecule has 0 unspecified atom stereocenters. The Labute approximate surface area is 195 Å². The highest BCUT2D eigenvalue weighted by atomic mass is 16.4. The van der Waals surface area contributed by atoms with Crippen molar-refractivity contribution in [1.82, 2.24) is 4.90 Å². The monoisotopic (exact) mass is 442 g/mol. The van der Waals surface area contributed by atoms with Crippen molar-refractivity contribution in [3.63, 3.8) is 0 Å². The van der Waals surface area contributed by atoms with Gasteiger partial charge in [0.2, 0.25) is 0 Å². The number of aromatic carboxylic acids is 1. The highest BCUT2D eigenvalue weighted by molar-refractivity contribution is 5.95. The third-order valence-electron chi connectivity index (χ3n) is 5.93. The maximum atomic E-state index is 11.2. The zero-order valence-electron chi connectivity index (χ0n) is 19.2. The Balaban J connectivity index is 1.50. The van der Waals surface area contributed by atoms with Gasteiger partial charge in [0.25, 0.3) is 0 Å². The number of anilines is 2. The SMILES string of the molecule is Cc1ccc(C)c(N2CCN(C(=NCc3ccccc3)Nc3ccc(C(=O)O)cc3)CC2)c1. The molecule has 0 aromatic heterocycles. The van der Waals surface area contributed by atoms with Gasteiger partial charge >= 0.3 is 5.97 Å². The number of aryl methyl sites for hydroxylation is 2. The van der Waals surface area contributed by atoms with Gasteiger partial charge in [-0.3, -0.25) is 0 Å². The van der Waals surface area contributed by atoms with Crippen LogP contribution in [0, 0.1) is 13.8 Å². The van der Waals surface area contributed by atoms with E-state index in [4.69, 9.17) is 4.99 Å². The van der Waals surface area contributed by atoms with Crippen LogP contribution in [0.4, 0.5) is 11.4 Å². The predicted octanol–water partition coefficient (Wildman–Crippen LogP) is 4.79. The lowest BCUT2D eigenvalue weighted by molar-refractivity contribution is 0.0697. The molecule has 4 rings (SSSR count). The molecule has 6 nitrogen and oxygen atoms in total. The maximum absolute atomic E-state index is 11.2. The fourth-order valence-corrected chi connectivity index (χ4v) is 4.01. The molecule has 1 aliphatic rings. The van der Waals surface area contributed by atoms with Crippen molar-refractivity contribution in [2.75, 3.05) is 36.4 Å². The van der Waals surface area contributed by atoms with Crippen molar-refractivity contribution in [1.29, 1.82) is 0 Å². The van der Waals surface area contributed by atoms with Crippen molar-refractivity contribution in [3.8, 4) is 0 Å². The summed E-state index contributed by atoms with van der Waals surface area (Å²) in [6.07, 6.45) is 0. The van der Waals surface area contributed by atoms with E-state index in [0.717, 1.165) is 43.4 Å². The largest absolute Gasteiger partial charge is 0.478 e. The van der Waals surface area contributed by atoms with Gasteiger partial charge in [-0.2, -0.15) is 0 Å². The van der Waals surface area contributed by atoms with Gasteiger partial charge in [-0.15, -0.1) is 0 Å². The Bertz CT molecular complexity index is 1120. The van der Waals surface area contributed by atoms with Gasteiger partial charge in [0, 0.05) is 37.6 Å². The van der Waals surface area contributed by atoms with Gasteiger partial charge in [0.15, 0.2) is 5.96 Å². The standard InChI is InChI=1S/C27H30N4O2/c1-20-8-9-21(2)25(18-20)30-14-16-31(17-15-30)27(28-19-22-6-4-3-5-7-22)29-24-12-10-23(11-13-24)26(32)33/h3-13,18H,14-17,19H2,1-2H3,(H,28,29)(H,32,33). The lowest BCUT2D eigenvalue weighted by Gasteiger charge is -2.38. The van der Waals surface area contributed by atoms with Gasteiger partial charge in [-0.05, 0) is 60.9 Å². The molecule has 1 fully saturated rings. The van der Waals surface area contributed by atoms with Crippen LogP contribution in [0.2, 0.25) is 0 Å². The second kappa shape index (κ2) is 10.2. The van der Waals surface area contributed by atoms with Crippen LogP contribution >= 0.6 is 0 Å². The molecule has 0 bridgehead atoms. The predicted molar refractivity (Wildman–Crippen MR) is 134 cm³/mol. The van der Waals surface area contributed by atoms with E-state index in [1.165, 1.54) is 16.8 Å². The van der Waals surface area contributed by atoms with E-state index < -0.39 is 5.97 Å². The number of aliphatic imine (C=N–C) groups is 1. The quantitative estimate of drug-likeness (QED) is 0.439. The van der Waals surface area contributed by atoms with Gasteiger partial charge in [0.1, 0.15) is 0 Å². The fourth-order valence-electron chi connectivity index (χ4n) is 4.01. The van der Waals surface area contributed by atoms with Crippen LogP contribution in [0.25, 0.3) is 0 Å². The molecule has 1 heterocycles. The van der Waals surface area contributed by atoms with Gasteiger partial charge in [-0.1, -0.05) is 42.5 Å². The highest BCUT2D eigenvalue weighted by Crippen LogP contribution is 2.23. The number of rotatable bonds is 5. The van der Waals surface area contributed by atoms with Crippen LogP contribution in [0.3, 0.4) is 0 Å². The lowest BCUT2D eigenvalue weighted by Crippen LogP contribution is -2.51. The van der Waals surface area contributed by atoms with E-state index in [2.05, 4.69) is 59.3 Å². The minimum Gasteiger partial charge on any atom is -0.478 e. The summed E-state index contributed by atoms with van der Waals surface area (Å²) in [4.78, 5) is 20.8. The third kappa shape index (κ3) is 5.71. The molecule has 0 saturated carbocycles. The first-order chi connectivity index (χ1) is 16.0. The first-order valence-electron chi connectivity index (χ1n) is 11.3. The molecule has 0 aliphatic carbocycles. The van der Waals surface area contributed by atoms with Crippen LogP contribution in [-0.2, 0) is 6.54 Å². The Morgan fingerprint density at radius 2 is 1.64 bits per heavy atom. The fraction of sp³-hybridized carbons (Fsp3) is 0.259. The molecule has 0 atom stereocenters. The van der Waals surface area contributed by atoms with Crippen LogP contribution in [-0.4, -0.2) is 48.1 Å². The molecular formula is C27H30N4O2. The van der Waals surface area contributed by atoms with Crippen LogP contribution in [0.1, 0.15) is 27.0 Å². The first-order valence-corrected chi connectivity index (χ1v) is 11.3. The average Bonchev–Trinajstić information content (AvgIpc) is 2.84. The molecule has 0 spiro atoms. The summed E-state index contributed by atoms with van der Waals surface area (Å²) in [5.41, 5.74) is 6.11. The number of carboxylic acid groups (broad SMARTS) is 1. The minimum atomic E-state index is -0.929. The zero-order valence-corrected chi connectivity index (χ0v) is 19.2. The van der Waals surface area contributed by atoms with Crippen LogP contribution < -0.4 is 10.2 Å². The molecule has 0 radical (unpaired) electrons. The molecule has 3 aromatic rings. The Morgan fingerprint density at radius 3 is 2.30 bits per heavy atom. The van der Waals surface area contributed by atoms with Crippen molar-refractivity contribution in [3.05, 3.63) is 95.1 Å². The topological polar surface area (TPSA) is 68.2 Å². The summed E-state index contributed by atoms with van der Waals surface area (Å²) in [6, 6.07) is 23.6. The molecule has 33 heavy (non-hydrogen) atoms. The maximum Gasteiger partial charge on any atom is 0.335 e. The second-order valence-electron chi connectivity index (χ2n) is 8.40. The Kier molecular flexibility index (Phi) is 6.93. The number of piperazine rings is 1. The summed E-state index contributed by atoms with van der Waals surface area (Å²) in [6.45, 7) is 8.39. The molecule has 2 N–H and O–H groups in total. The number of hydrogen-bond donors (Lipinski definition) is 2. The number of nitrogens with one attached hydrogen (secondary N) is 1. The average molecular weight is 443 g/mol. The van der Waals surface area contributed by atoms with E-state index in [1.807, 2.05) is 18.2 Å². The normalized spacial score (nSPS) is 14.3. The number of nitrogens with zero attached hydrogens (tertiary/aromatic N) is 3. The van der Waals surface area contributed by atoms with Gasteiger partial charge in [-0.25, -0.2) is 9.79 Å². The summed E-state index contributed by atoms with van der Waals surface area (Å²) in [5, 5.41) is 12.6. The molecule has 3 aromatic carbocycles. The molecular weight excluding hydrogens is 412 g/mol.